The highest BCUT2D eigenvalue weighted by Crippen LogP contribution is 2.26. The van der Waals surface area contributed by atoms with Crippen molar-refractivity contribution in [3.05, 3.63) is 47.2 Å². The second kappa shape index (κ2) is 7.76. The minimum absolute atomic E-state index is 0.161. The first-order valence-corrected chi connectivity index (χ1v) is 9.20. The average Bonchev–Trinajstić information content (AvgIpc) is 3.07. The summed E-state index contributed by atoms with van der Waals surface area (Å²) in [6.07, 6.45) is 2.61. The fourth-order valence-electron chi connectivity index (χ4n) is 3.25. The molecule has 1 aromatic heterocycles. The van der Waals surface area contributed by atoms with Crippen molar-refractivity contribution in [3.8, 4) is 0 Å². The SMILES string of the molecule is CC(C)(C)c1cc(NC(=O)[C@@H]2CCCCN2Cc2ccc(F)c(F)c2)no1. The van der Waals surface area contributed by atoms with Crippen molar-refractivity contribution in [2.45, 2.75) is 58.0 Å². The Labute approximate surface area is 157 Å². The molecule has 1 N–H and O–H groups in total. The monoisotopic (exact) mass is 377 g/mol. The second-order valence-electron chi connectivity index (χ2n) is 8.05. The van der Waals surface area contributed by atoms with E-state index in [0.717, 1.165) is 25.5 Å². The van der Waals surface area contributed by atoms with Gasteiger partial charge in [-0.1, -0.05) is 38.4 Å². The number of hydrogen-bond donors (Lipinski definition) is 1. The van der Waals surface area contributed by atoms with Gasteiger partial charge in [-0.2, -0.15) is 0 Å². The first-order chi connectivity index (χ1) is 12.7. The van der Waals surface area contributed by atoms with Crippen LogP contribution in [0, 0.1) is 11.6 Å². The first-order valence-electron chi connectivity index (χ1n) is 9.20. The van der Waals surface area contributed by atoms with E-state index in [2.05, 4.69) is 10.5 Å². The van der Waals surface area contributed by atoms with E-state index in [1.165, 1.54) is 6.07 Å². The number of halogens is 2. The van der Waals surface area contributed by atoms with E-state index in [1.807, 2.05) is 25.7 Å². The molecule has 0 bridgehead atoms. The Morgan fingerprint density at radius 1 is 1.26 bits per heavy atom. The van der Waals surface area contributed by atoms with Crippen LogP contribution in [-0.4, -0.2) is 28.6 Å². The van der Waals surface area contributed by atoms with E-state index in [1.54, 1.807) is 12.1 Å². The van der Waals surface area contributed by atoms with Crippen LogP contribution in [0.4, 0.5) is 14.6 Å². The van der Waals surface area contributed by atoms with Gasteiger partial charge in [-0.3, -0.25) is 9.69 Å². The molecule has 1 aromatic carbocycles. The number of anilines is 1. The Balaban J connectivity index is 1.69. The van der Waals surface area contributed by atoms with Gasteiger partial charge in [0.1, 0.15) is 5.76 Å². The zero-order valence-electron chi connectivity index (χ0n) is 15.9. The van der Waals surface area contributed by atoms with Gasteiger partial charge in [0.05, 0.1) is 6.04 Å². The zero-order chi connectivity index (χ0) is 19.6. The molecule has 146 valence electrons. The first kappa shape index (κ1) is 19.5. The average molecular weight is 377 g/mol. The molecule has 1 aliphatic rings. The molecule has 1 aliphatic heterocycles. The third-order valence-corrected chi connectivity index (χ3v) is 4.79. The predicted octanol–water partition coefficient (Wildman–Crippen LogP) is 4.24. The quantitative estimate of drug-likeness (QED) is 0.866. The minimum atomic E-state index is -0.872. The Morgan fingerprint density at radius 2 is 2.04 bits per heavy atom. The smallest absolute Gasteiger partial charge is 0.242 e. The van der Waals surface area contributed by atoms with Gasteiger partial charge >= 0.3 is 0 Å². The minimum Gasteiger partial charge on any atom is -0.359 e. The molecule has 0 aliphatic carbocycles. The van der Waals surface area contributed by atoms with Gasteiger partial charge in [-0.05, 0) is 37.1 Å². The molecule has 1 amide bonds. The summed E-state index contributed by atoms with van der Waals surface area (Å²) in [7, 11) is 0. The number of amides is 1. The highest BCUT2D eigenvalue weighted by molar-refractivity contribution is 5.94. The third-order valence-electron chi connectivity index (χ3n) is 4.79. The van der Waals surface area contributed by atoms with Crippen LogP contribution < -0.4 is 5.32 Å². The Hall–Kier alpha value is -2.28. The molecular weight excluding hydrogens is 352 g/mol. The maximum absolute atomic E-state index is 13.5. The second-order valence-corrected chi connectivity index (χ2v) is 8.05. The van der Waals surface area contributed by atoms with E-state index < -0.39 is 11.6 Å². The van der Waals surface area contributed by atoms with Gasteiger partial charge in [0.15, 0.2) is 17.5 Å². The van der Waals surface area contributed by atoms with Crippen LogP contribution in [0.25, 0.3) is 0 Å². The van der Waals surface area contributed by atoms with Crippen molar-refractivity contribution < 1.29 is 18.1 Å². The Kier molecular flexibility index (Phi) is 5.60. The fourth-order valence-corrected chi connectivity index (χ4v) is 3.25. The van der Waals surface area contributed by atoms with Gasteiger partial charge in [-0.15, -0.1) is 0 Å². The number of benzene rings is 1. The van der Waals surface area contributed by atoms with Crippen LogP contribution in [-0.2, 0) is 16.8 Å². The number of nitrogens with zero attached hydrogens (tertiary/aromatic N) is 2. The summed E-state index contributed by atoms with van der Waals surface area (Å²) in [4.78, 5) is 14.8. The number of aromatic nitrogens is 1. The molecule has 3 rings (SSSR count). The van der Waals surface area contributed by atoms with Crippen molar-refractivity contribution in [3.63, 3.8) is 0 Å². The normalized spacial score (nSPS) is 18.5. The third kappa shape index (κ3) is 4.71. The van der Waals surface area contributed by atoms with E-state index in [4.69, 9.17) is 4.52 Å². The van der Waals surface area contributed by atoms with E-state index >= 15 is 0 Å². The van der Waals surface area contributed by atoms with Crippen molar-refractivity contribution in [1.29, 1.82) is 0 Å². The standard InChI is InChI=1S/C20H25F2N3O2/c1-20(2,3)17-11-18(24-27-17)23-19(26)16-6-4-5-9-25(16)12-13-7-8-14(21)15(22)10-13/h7-8,10-11,16H,4-6,9,12H2,1-3H3,(H,23,24,26)/t16-/m0/s1. The van der Waals surface area contributed by atoms with Crippen LogP contribution in [0.15, 0.2) is 28.8 Å². The number of nitrogens with one attached hydrogen (secondary N) is 1. The summed E-state index contributed by atoms with van der Waals surface area (Å²) < 4.78 is 31.9. The largest absolute Gasteiger partial charge is 0.359 e. The van der Waals surface area contributed by atoms with Crippen molar-refractivity contribution in [1.82, 2.24) is 10.1 Å². The Bertz CT molecular complexity index is 814. The summed E-state index contributed by atoms with van der Waals surface area (Å²) in [6.45, 7) is 7.13. The van der Waals surface area contributed by atoms with Crippen LogP contribution in [0.5, 0.6) is 0 Å². The summed E-state index contributed by atoms with van der Waals surface area (Å²) in [6, 6.07) is 5.25. The lowest BCUT2D eigenvalue weighted by molar-refractivity contribution is -0.122. The fraction of sp³-hybridized carbons (Fsp3) is 0.500. The summed E-state index contributed by atoms with van der Waals surface area (Å²) in [5.41, 5.74) is 0.449. The lowest BCUT2D eigenvalue weighted by Gasteiger charge is -2.34. The van der Waals surface area contributed by atoms with Gasteiger partial charge in [0.2, 0.25) is 5.91 Å². The van der Waals surface area contributed by atoms with Gasteiger partial charge < -0.3 is 9.84 Å². The highest BCUT2D eigenvalue weighted by atomic mass is 19.2. The topological polar surface area (TPSA) is 58.4 Å². The number of rotatable bonds is 4. The molecule has 0 spiro atoms. The maximum atomic E-state index is 13.5. The van der Waals surface area contributed by atoms with Gasteiger partial charge in [0.25, 0.3) is 0 Å². The number of carbonyl (C=O) groups excluding carboxylic acids is 1. The molecule has 0 radical (unpaired) electrons. The molecular formula is C20H25F2N3O2. The summed E-state index contributed by atoms with van der Waals surface area (Å²) in [5, 5.41) is 6.75. The number of likely N-dealkylation sites (tertiary alicyclic amines) is 1. The number of hydrogen-bond acceptors (Lipinski definition) is 4. The molecule has 27 heavy (non-hydrogen) atoms. The lowest BCUT2D eigenvalue weighted by Crippen LogP contribution is -2.46. The molecule has 1 saturated heterocycles. The predicted molar refractivity (Wildman–Crippen MR) is 98.2 cm³/mol. The molecule has 5 nitrogen and oxygen atoms in total. The molecule has 7 heteroatoms. The van der Waals surface area contributed by atoms with Crippen LogP contribution in [0.1, 0.15) is 51.4 Å². The van der Waals surface area contributed by atoms with Gasteiger partial charge in [0, 0.05) is 18.0 Å². The molecule has 1 fully saturated rings. The molecule has 2 heterocycles. The highest BCUT2D eigenvalue weighted by Gasteiger charge is 2.30. The van der Waals surface area contributed by atoms with Gasteiger partial charge in [-0.25, -0.2) is 8.78 Å². The van der Waals surface area contributed by atoms with E-state index in [0.29, 0.717) is 30.1 Å². The summed E-state index contributed by atoms with van der Waals surface area (Å²) in [5.74, 6) is -0.815. The molecule has 0 saturated carbocycles. The maximum Gasteiger partial charge on any atom is 0.242 e. The number of carbonyl (C=O) groups is 1. The zero-order valence-corrected chi connectivity index (χ0v) is 15.9. The molecule has 1 atom stereocenters. The van der Waals surface area contributed by atoms with E-state index in [9.17, 15) is 13.6 Å². The van der Waals surface area contributed by atoms with Crippen LogP contribution in [0.3, 0.4) is 0 Å². The molecule has 0 unspecified atom stereocenters. The lowest BCUT2D eigenvalue weighted by atomic mass is 9.93. The van der Waals surface area contributed by atoms with E-state index in [-0.39, 0.29) is 17.4 Å². The van der Waals surface area contributed by atoms with Crippen LogP contribution in [0.2, 0.25) is 0 Å². The molecule has 2 aromatic rings. The number of piperidine rings is 1. The summed E-state index contributed by atoms with van der Waals surface area (Å²) >= 11 is 0. The Morgan fingerprint density at radius 3 is 2.70 bits per heavy atom. The van der Waals surface area contributed by atoms with Crippen molar-refractivity contribution >= 4 is 11.7 Å². The van der Waals surface area contributed by atoms with Crippen molar-refractivity contribution in [2.75, 3.05) is 11.9 Å². The van der Waals surface area contributed by atoms with Crippen molar-refractivity contribution in [2.24, 2.45) is 0 Å². The van der Waals surface area contributed by atoms with Crippen LogP contribution >= 0.6 is 0 Å².